The quantitative estimate of drug-likeness (QED) is 0.796. The van der Waals surface area contributed by atoms with Crippen LogP contribution >= 0.6 is 0 Å². The summed E-state index contributed by atoms with van der Waals surface area (Å²) < 4.78 is 2.30. The van der Waals surface area contributed by atoms with Gasteiger partial charge in [-0.1, -0.05) is 24.3 Å². The molecule has 2 aromatic heterocycles. The van der Waals surface area contributed by atoms with Crippen molar-refractivity contribution < 1.29 is 0 Å². The molecule has 3 rings (SSSR count). The number of hydrogen-bond acceptors (Lipinski definition) is 2. The average molecular weight is 279 g/mol. The van der Waals surface area contributed by atoms with Crippen LogP contribution in [0.4, 0.5) is 0 Å². The third kappa shape index (κ3) is 2.98. The number of para-hydroxylation sites is 1. The molecule has 2 heterocycles. The summed E-state index contributed by atoms with van der Waals surface area (Å²) in [7, 11) is 0. The second-order valence-electron chi connectivity index (χ2n) is 5.85. The van der Waals surface area contributed by atoms with E-state index in [1.54, 1.807) is 0 Å². The number of hydrogen-bond donors (Lipinski definition) is 1. The van der Waals surface area contributed by atoms with Crippen LogP contribution in [0.5, 0.6) is 0 Å². The fraction of sp³-hybridized carbons (Fsp3) is 0.278. The molecule has 1 aromatic carbocycles. The Kier molecular flexibility index (Phi) is 3.76. The van der Waals surface area contributed by atoms with Gasteiger partial charge in [-0.05, 0) is 43.0 Å². The highest BCUT2D eigenvalue weighted by atomic mass is 15.0. The Morgan fingerprint density at radius 1 is 1.24 bits per heavy atom. The van der Waals surface area contributed by atoms with Crippen molar-refractivity contribution in [2.45, 2.75) is 32.9 Å². The number of pyridine rings is 1. The normalized spacial score (nSPS) is 12.7. The molecule has 3 heteroatoms. The summed E-state index contributed by atoms with van der Waals surface area (Å²) in [6.45, 7) is 4.97. The maximum atomic E-state index is 5.98. The zero-order valence-electron chi connectivity index (χ0n) is 12.6. The zero-order valence-corrected chi connectivity index (χ0v) is 12.6. The maximum absolute atomic E-state index is 5.98. The Balaban J connectivity index is 2.02. The number of aromatic nitrogens is 2. The minimum Gasteiger partial charge on any atom is -0.343 e. The van der Waals surface area contributed by atoms with Crippen LogP contribution in [0.3, 0.4) is 0 Å². The molecule has 2 N–H and O–H groups in total. The SMILES string of the molecule is Cc1cncc(Cn2cc(CC(C)N)c3ccccc32)c1. The minimum atomic E-state index is 0.171. The van der Waals surface area contributed by atoms with Gasteiger partial charge in [0.1, 0.15) is 0 Å². The number of nitrogens with two attached hydrogens (primary N) is 1. The monoisotopic (exact) mass is 279 g/mol. The molecule has 1 unspecified atom stereocenters. The molecule has 0 spiro atoms. The number of benzene rings is 1. The molecule has 0 fully saturated rings. The van der Waals surface area contributed by atoms with Gasteiger partial charge in [0.05, 0.1) is 0 Å². The largest absolute Gasteiger partial charge is 0.343 e. The summed E-state index contributed by atoms with van der Waals surface area (Å²) in [5.41, 5.74) is 11.0. The van der Waals surface area contributed by atoms with Gasteiger partial charge in [-0.3, -0.25) is 4.98 Å². The lowest BCUT2D eigenvalue weighted by Crippen LogP contribution is -2.17. The molecule has 0 saturated heterocycles. The molecule has 0 bridgehead atoms. The molecular formula is C18H21N3. The first kappa shape index (κ1) is 13.8. The van der Waals surface area contributed by atoms with Crippen LogP contribution in [0.1, 0.15) is 23.6 Å². The van der Waals surface area contributed by atoms with Crippen LogP contribution in [0.2, 0.25) is 0 Å². The molecule has 0 aliphatic rings. The first-order valence-electron chi connectivity index (χ1n) is 7.36. The van der Waals surface area contributed by atoms with Gasteiger partial charge in [0.2, 0.25) is 0 Å². The number of nitrogens with zero attached hydrogens (tertiary/aromatic N) is 2. The topological polar surface area (TPSA) is 43.8 Å². The summed E-state index contributed by atoms with van der Waals surface area (Å²) in [6, 6.07) is 10.9. The van der Waals surface area contributed by atoms with E-state index in [0.29, 0.717) is 0 Å². The fourth-order valence-electron chi connectivity index (χ4n) is 2.86. The van der Waals surface area contributed by atoms with E-state index in [-0.39, 0.29) is 6.04 Å². The molecule has 3 aromatic rings. The first-order chi connectivity index (χ1) is 10.1. The van der Waals surface area contributed by atoms with Crippen LogP contribution in [0, 0.1) is 6.92 Å². The Morgan fingerprint density at radius 2 is 2.05 bits per heavy atom. The molecule has 0 saturated carbocycles. The van der Waals surface area contributed by atoms with Crippen molar-refractivity contribution in [3.63, 3.8) is 0 Å². The zero-order chi connectivity index (χ0) is 14.8. The number of fused-ring (bicyclic) bond motifs is 1. The molecule has 108 valence electrons. The highest BCUT2D eigenvalue weighted by Gasteiger charge is 2.10. The predicted octanol–water partition coefficient (Wildman–Crippen LogP) is 3.28. The molecule has 0 amide bonds. The maximum Gasteiger partial charge on any atom is 0.0491 e. The Morgan fingerprint density at radius 3 is 2.81 bits per heavy atom. The summed E-state index contributed by atoms with van der Waals surface area (Å²) in [5.74, 6) is 0. The molecule has 3 nitrogen and oxygen atoms in total. The Bertz CT molecular complexity index is 756. The van der Waals surface area contributed by atoms with E-state index in [2.05, 4.69) is 59.9 Å². The predicted molar refractivity (Wildman–Crippen MR) is 87.4 cm³/mol. The van der Waals surface area contributed by atoms with Crippen molar-refractivity contribution >= 4 is 10.9 Å². The van der Waals surface area contributed by atoms with Gasteiger partial charge in [-0.25, -0.2) is 0 Å². The standard InChI is InChI=1S/C18H21N3/c1-13-7-15(10-20-9-13)11-21-12-16(8-14(2)19)17-5-3-4-6-18(17)21/h3-7,9-10,12,14H,8,11,19H2,1-2H3. The second-order valence-corrected chi connectivity index (χ2v) is 5.85. The third-order valence-corrected chi connectivity index (χ3v) is 3.70. The van der Waals surface area contributed by atoms with Crippen molar-refractivity contribution in [1.29, 1.82) is 0 Å². The van der Waals surface area contributed by atoms with E-state index >= 15 is 0 Å². The lowest BCUT2D eigenvalue weighted by atomic mass is 10.1. The second kappa shape index (κ2) is 5.70. The summed E-state index contributed by atoms with van der Waals surface area (Å²) in [4.78, 5) is 4.28. The van der Waals surface area contributed by atoms with Crippen molar-refractivity contribution in [1.82, 2.24) is 9.55 Å². The van der Waals surface area contributed by atoms with Gasteiger partial charge >= 0.3 is 0 Å². The highest BCUT2D eigenvalue weighted by Crippen LogP contribution is 2.23. The Hall–Kier alpha value is -2.13. The molecule has 21 heavy (non-hydrogen) atoms. The molecule has 0 aliphatic carbocycles. The summed E-state index contributed by atoms with van der Waals surface area (Å²) >= 11 is 0. The van der Waals surface area contributed by atoms with E-state index in [9.17, 15) is 0 Å². The summed E-state index contributed by atoms with van der Waals surface area (Å²) in [5, 5.41) is 1.30. The molecule has 1 atom stereocenters. The highest BCUT2D eigenvalue weighted by molar-refractivity contribution is 5.84. The van der Waals surface area contributed by atoms with Crippen LogP contribution in [-0.2, 0) is 13.0 Å². The third-order valence-electron chi connectivity index (χ3n) is 3.70. The van der Waals surface area contributed by atoms with E-state index in [0.717, 1.165) is 13.0 Å². The van der Waals surface area contributed by atoms with Gasteiger partial charge in [0.25, 0.3) is 0 Å². The van der Waals surface area contributed by atoms with E-state index in [1.807, 2.05) is 12.4 Å². The fourth-order valence-corrected chi connectivity index (χ4v) is 2.86. The van der Waals surface area contributed by atoms with Crippen molar-refractivity contribution in [3.05, 3.63) is 65.6 Å². The van der Waals surface area contributed by atoms with Crippen LogP contribution in [-0.4, -0.2) is 15.6 Å². The van der Waals surface area contributed by atoms with E-state index < -0.39 is 0 Å². The van der Waals surface area contributed by atoms with E-state index in [4.69, 9.17) is 5.73 Å². The summed E-state index contributed by atoms with van der Waals surface area (Å²) in [6.07, 6.45) is 6.96. The smallest absolute Gasteiger partial charge is 0.0491 e. The number of rotatable bonds is 4. The molecule has 0 aliphatic heterocycles. The molecule has 0 radical (unpaired) electrons. The van der Waals surface area contributed by atoms with Gasteiger partial charge < -0.3 is 10.3 Å². The van der Waals surface area contributed by atoms with Crippen LogP contribution in [0.15, 0.2) is 48.9 Å². The van der Waals surface area contributed by atoms with Gasteiger partial charge in [0, 0.05) is 42.1 Å². The van der Waals surface area contributed by atoms with Crippen molar-refractivity contribution in [3.8, 4) is 0 Å². The lowest BCUT2D eigenvalue weighted by molar-refractivity contribution is 0.734. The average Bonchev–Trinajstić information content (AvgIpc) is 2.77. The van der Waals surface area contributed by atoms with Crippen LogP contribution < -0.4 is 5.73 Å². The van der Waals surface area contributed by atoms with Gasteiger partial charge in [-0.2, -0.15) is 0 Å². The van der Waals surface area contributed by atoms with Gasteiger partial charge in [-0.15, -0.1) is 0 Å². The first-order valence-corrected chi connectivity index (χ1v) is 7.36. The van der Waals surface area contributed by atoms with Crippen molar-refractivity contribution in [2.75, 3.05) is 0 Å². The van der Waals surface area contributed by atoms with Gasteiger partial charge in [0.15, 0.2) is 0 Å². The lowest BCUT2D eigenvalue weighted by Gasteiger charge is -2.06. The Labute approximate surface area is 125 Å². The van der Waals surface area contributed by atoms with Crippen LogP contribution in [0.25, 0.3) is 10.9 Å². The molecular weight excluding hydrogens is 258 g/mol. The minimum absolute atomic E-state index is 0.171. The van der Waals surface area contributed by atoms with Crippen molar-refractivity contribution in [2.24, 2.45) is 5.73 Å². The van der Waals surface area contributed by atoms with E-state index in [1.165, 1.54) is 27.6 Å². The number of aryl methyl sites for hydroxylation is 1.